The van der Waals surface area contributed by atoms with E-state index >= 15 is 0 Å². The second-order valence-electron chi connectivity index (χ2n) is 4.04. The van der Waals surface area contributed by atoms with Crippen molar-refractivity contribution in [1.29, 1.82) is 0 Å². The monoisotopic (exact) mass is 311 g/mol. The van der Waals surface area contributed by atoms with E-state index in [4.69, 9.17) is 5.84 Å². The van der Waals surface area contributed by atoms with Gasteiger partial charge in [0.2, 0.25) is 5.95 Å². The average Bonchev–Trinajstić information content (AvgIpc) is 2.48. The second-order valence-corrected chi connectivity index (χ2v) is 5.90. The number of benzene rings is 1. The molecule has 21 heavy (non-hydrogen) atoms. The van der Waals surface area contributed by atoms with Crippen LogP contribution in [0.15, 0.2) is 41.6 Å². The van der Waals surface area contributed by atoms with E-state index in [0.29, 0.717) is 0 Å². The molecule has 0 amide bonds. The van der Waals surface area contributed by atoms with Crippen molar-refractivity contribution < 1.29 is 12.8 Å². The standard InChI is InChI=1S/C12H14FN5O2S/c1-2-18(10-5-3-4-9(13)6-10)21(19,20)11-7-15-12(17-14)16-8-11/h3-8H,2,14H2,1H3,(H,15,16,17). The lowest BCUT2D eigenvalue weighted by atomic mass is 10.3. The lowest BCUT2D eigenvalue weighted by Crippen LogP contribution is -2.31. The van der Waals surface area contributed by atoms with Gasteiger partial charge in [0.1, 0.15) is 10.7 Å². The van der Waals surface area contributed by atoms with Gasteiger partial charge in [-0.05, 0) is 25.1 Å². The summed E-state index contributed by atoms with van der Waals surface area (Å²) in [6.45, 7) is 1.79. The molecule has 1 heterocycles. The molecule has 0 aliphatic carbocycles. The van der Waals surface area contributed by atoms with E-state index in [9.17, 15) is 12.8 Å². The number of hydrazine groups is 1. The van der Waals surface area contributed by atoms with Crippen LogP contribution in [0, 0.1) is 5.82 Å². The second kappa shape index (κ2) is 6.02. The van der Waals surface area contributed by atoms with E-state index in [-0.39, 0.29) is 23.1 Å². The predicted molar refractivity (Wildman–Crippen MR) is 76.4 cm³/mol. The zero-order valence-electron chi connectivity index (χ0n) is 11.2. The van der Waals surface area contributed by atoms with Crippen molar-refractivity contribution >= 4 is 21.7 Å². The Morgan fingerprint density at radius 2 is 2.00 bits per heavy atom. The minimum absolute atomic E-state index is 0.0998. The van der Waals surface area contributed by atoms with Crippen molar-refractivity contribution in [1.82, 2.24) is 9.97 Å². The van der Waals surface area contributed by atoms with E-state index < -0.39 is 15.8 Å². The van der Waals surface area contributed by atoms with Crippen LogP contribution >= 0.6 is 0 Å². The molecule has 0 saturated carbocycles. The number of halogens is 1. The molecule has 9 heteroatoms. The molecule has 3 N–H and O–H groups in total. The van der Waals surface area contributed by atoms with Gasteiger partial charge in [-0.15, -0.1) is 0 Å². The predicted octanol–water partition coefficient (Wildman–Crippen LogP) is 1.12. The Hall–Kier alpha value is -2.26. The number of anilines is 2. The fourth-order valence-corrected chi connectivity index (χ4v) is 3.13. The third-order valence-electron chi connectivity index (χ3n) is 2.73. The number of rotatable bonds is 5. The van der Waals surface area contributed by atoms with E-state index in [1.54, 1.807) is 6.92 Å². The van der Waals surface area contributed by atoms with Crippen molar-refractivity contribution in [2.75, 3.05) is 16.3 Å². The number of hydrogen-bond acceptors (Lipinski definition) is 6. The van der Waals surface area contributed by atoms with Gasteiger partial charge in [-0.3, -0.25) is 9.73 Å². The van der Waals surface area contributed by atoms with Gasteiger partial charge in [0.15, 0.2) is 0 Å². The van der Waals surface area contributed by atoms with E-state index in [1.165, 1.54) is 18.2 Å². The molecule has 1 aromatic carbocycles. The highest BCUT2D eigenvalue weighted by Crippen LogP contribution is 2.23. The highest BCUT2D eigenvalue weighted by atomic mass is 32.2. The maximum Gasteiger partial charge on any atom is 0.267 e. The molecule has 0 unspecified atom stereocenters. The summed E-state index contributed by atoms with van der Waals surface area (Å²) in [6.07, 6.45) is 2.28. The quantitative estimate of drug-likeness (QED) is 0.634. The first kappa shape index (κ1) is 15.1. The summed E-state index contributed by atoms with van der Waals surface area (Å²) in [7, 11) is -3.87. The molecule has 0 bridgehead atoms. The van der Waals surface area contributed by atoms with Crippen LogP contribution in [0.5, 0.6) is 0 Å². The van der Waals surface area contributed by atoms with E-state index in [1.807, 2.05) is 0 Å². The van der Waals surface area contributed by atoms with Crippen molar-refractivity contribution in [3.05, 3.63) is 42.5 Å². The Morgan fingerprint density at radius 1 is 1.33 bits per heavy atom. The van der Waals surface area contributed by atoms with Crippen molar-refractivity contribution in [2.24, 2.45) is 5.84 Å². The van der Waals surface area contributed by atoms with Crippen LogP contribution in [0.2, 0.25) is 0 Å². The van der Waals surface area contributed by atoms with Gasteiger partial charge in [0, 0.05) is 6.54 Å². The highest BCUT2D eigenvalue weighted by Gasteiger charge is 2.24. The summed E-state index contributed by atoms with van der Waals surface area (Å²) >= 11 is 0. The van der Waals surface area contributed by atoms with Gasteiger partial charge in [0.05, 0.1) is 18.1 Å². The molecule has 7 nitrogen and oxygen atoms in total. The first-order valence-corrected chi connectivity index (χ1v) is 7.50. The Morgan fingerprint density at radius 3 is 2.52 bits per heavy atom. The van der Waals surface area contributed by atoms with Gasteiger partial charge >= 0.3 is 0 Å². The van der Waals surface area contributed by atoms with Crippen LogP contribution < -0.4 is 15.6 Å². The topological polar surface area (TPSA) is 101 Å². The highest BCUT2D eigenvalue weighted by molar-refractivity contribution is 7.92. The minimum atomic E-state index is -3.87. The number of sulfonamides is 1. The summed E-state index contributed by atoms with van der Waals surface area (Å²) in [5.41, 5.74) is 2.44. The van der Waals surface area contributed by atoms with E-state index in [2.05, 4.69) is 15.4 Å². The van der Waals surface area contributed by atoms with Crippen LogP contribution in [0.1, 0.15) is 6.92 Å². The van der Waals surface area contributed by atoms with E-state index in [0.717, 1.165) is 22.8 Å². The Kier molecular flexibility index (Phi) is 4.34. The molecular weight excluding hydrogens is 297 g/mol. The average molecular weight is 311 g/mol. The minimum Gasteiger partial charge on any atom is -0.292 e. The molecule has 0 atom stereocenters. The third kappa shape index (κ3) is 3.09. The van der Waals surface area contributed by atoms with Crippen LogP contribution in [0.3, 0.4) is 0 Å². The zero-order chi connectivity index (χ0) is 15.5. The van der Waals surface area contributed by atoms with Crippen LogP contribution in [0.25, 0.3) is 0 Å². The van der Waals surface area contributed by atoms with Gasteiger partial charge in [-0.25, -0.2) is 28.6 Å². The van der Waals surface area contributed by atoms with Crippen molar-refractivity contribution in [3.8, 4) is 0 Å². The molecule has 1 aromatic heterocycles. The molecule has 0 radical (unpaired) electrons. The Bertz CT molecular complexity index is 721. The molecule has 0 saturated heterocycles. The van der Waals surface area contributed by atoms with Gasteiger partial charge in [-0.2, -0.15) is 0 Å². The number of aromatic nitrogens is 2. The van der Waals surface area contributed by atoms with Crippen LogP contribution in [-0.2, 0) is 10.0 Å². The summed E-state index contributed by atoms with van der Waals surface area (Å²) in [5.74, 6) is 4.71. The summed E-state index contributed by atoms with van der Waals surface area (Å²) < 4.78 is 39.5. The maximum absolute atomic E-state index is 13.3. The first-order valence-electron chi connectivity index (χ1n) is 6.06. The smallest absolute Gasteiger partial charge is 0.267 e. The molecule has 0 fully saturated rings. The summed E-state index contributed by atoms with van der Waals surface area (Å²) in [6, 6.07) is 5.36. The van der Waals surface area contributed by atoms with Crippen LogP contribution in [0.4, 0.5) is 16.0 Å². The lowest BCUT2D eigenvalue weighted by molar-refractivity contribution is 0.590. The number of nitrogens with one attached hydrogen (secondary N) is 1. The summed E-state index contributed by atoms with van der Waals surface area (Å²) in [5, 5.41) is 0. The Balaban J connectivity index is 2.44. The summed E-state index contributed by atoms with van der Waals surface area (Å²) in [4.78, 5) is 7.42. The fraction of sp³-hybridized carbons (Fsp3) is 0.167. The van der Waals surface area contributed by atoms with Gasteiger partial charge < -0.3 is 0 Å². The number of nitrogens with zero attached hydrogens (tertiary/aromatic N) is 3. The first-order chi connectivity index (χ1) is 9.98. The van der Waals surface area contributed by atoms with Crippen molar-refractivity contribution in [3.63, 3.8) is 0 Å². The van der Waals surface area contributed by atoms with Gasteiger partial charge in [-0.1, -0.05) is 6.07 Å². The Labute approximate surface area is 121 Å². The normalized spacial score (nSPS) is 11.2. The maximum atomic E-state index is 13.3. The molecule has 2 rings (SSSR count). The molecule has 0 aliphatic heterocycles. The third-order valence-corrected chi connectivity index (χ3v) is 4.58. The molecular formula is C12H14FN5O2S. The SMILES string of the molecule is CCN(c1cccc(F)c1)S(=O)(=O)c1cnc(NN)nc1. The van der Waals surface area contributed by atoms with Gasteiger partial charge in [0.25, 0.3) is 10.0 Å². The van der Waals surface area contributed by atoms with Crippen LogP contribution in [-0.4, -0.2) is 24.9 Å². The molecule has 0 aliphatic rings. The zero-order valence-corrected chi connectivity index (χ0v) is 12.0. The fourth-order valence-electron chi connectivity index (χ4n) is 1.77. The number of nitrogen functional groups attached to an aromatic ring is 1. The number of nitrogens with two attached hydrogens (primary N) is 1. The lowest BCUT2D eigenvalue weighted by Gasteiger charge is -2.22. The molecule has 112 valence electrons. The van der Waals surface area contributed by atoms with Crippen molar-refractivity contribution in [2.45, 2.75) is 11.8 Å². The largest absolute Gasteiger partial charge is 0.292 e. The molecule has 0 spiro atoms. The molecule has 2 aromatic rings. The number of hydrogen-bond donors (Lipinski definition) is 2.